The summed E-state index contributed by atoms with van der Waals surface area (Å²) < 4.78 is 0. The van der Waals surface area contributed by atoms with Gasteiger partial charge in [-0.2, -0.15) is 0 Å². The largest absolute Gasteiger partial charge is 0.396 e. The monoisotopic (exact) mass is 303 g/mol. The maximum atomic E-state index is 8.81. The predicted molar refractivity (Wildman–Crippen MR) is 89.5 cm³/mol. The van der Waals surface area contributed by atoms with Crippen LogP contribution in [-0.2, 0) is 6.54 Å². The highest BCUT2D eigenvalue weighted by molar-refractivity contribution is 6.33. The first-order chi connectivity index (χ1) is 10.2. The number of nitrogens with zero attached hydrogens (tertiary/aromatic N) is 1. The average molecular weight is 304 g/mol. The third kappa shape index (κ3) is 4.85. The number of aliphatic hydroxyl groups excluding tert-OH is 1. The van der Waals surface area contributed by atoms with Crippen LogP contribution in [0.25, 0.3) is 11.1 Å². The zero-order chi connectivity index (χ0) is 15.1. The molecule has 0 bridgehead atoms. The highest BCUT2D eigenvalue weighted by Gasteiger charge is 2.06. The molecule has 112 valence electrons. The van der Waals surface area contributed by atoms with Gasteiger partial charge in [-0.05, 0) is 43.6 Å². The van der Waals surface area contributed by atoms with Crippen molar-refractivity contribution in [2.24, 2.45) is 0 Å². The lowest BCUT2D eigenvalue weighted by Gasteiger charge is -2.17. The van der Waals surface area contributed by atoms with E-state index < -0.39 is 0 Å². The molecule has 0 saturated heterocycles. The molecule has 0 aliphatic heterocycles. The molecule has 0 radical (unpaired) electrons. The molecule has 0 aliphatic rings. The van der Waals surface area contributed by atoms with Crippen molar-refractivity contribution in [2.75, 3.05) is 20.2 Å². The molecule has 2 aromatic rings. The quantitative estimate of drug-likeness (QED) is 0.775. The Labute approximate surface area is 132 Å². The van der Waals surface area contributed by atoms with E-state index in [0.717, 1.165) is 42.1 Å². The van der Waals surface area contributed by atoms with Gasteiger partial charge in [-0.25, -0.2) is 0 Å². The fourth-order valence-electron chi connectivity index (χ4n) is 2.39. The Morgan fingerprint density at radius 3 is 2.48 bits per heavy atom. The topological polar surface area (TPSA) is 23.5 Å². The van der Waals surface area contributed by atoms with Gasteiger partial charge in [-0.3, -0.25) is 0 Å². The van der Waals surface area contributed by atoms with Crippen LogP contribution in [0.4, 0.5) is 0 Å². The highest BCUT2D eigenvalue weighted by Crippen LogP contribution is 2.28. The van der Waals surface area contributed by atoms with Gasteiger partial charge in [0.1, 0.15) is 0 Å². The number of unbranched alkanes of at least 4 members (excludes halogenated alkanes) is 1. The van der Waals surface area contributed by atoms with Crippen molar-refractivity contribution in [3.8, 4) is 11.1 Å². The fraction of sp³-hybridized carbons (Fsp3) is 0.333. The summed E-state index contributed by atoms with van der Waals surface area (Å²) in [6.45, 7) is 2.13. The van der Waals surface area contributed by atoms with E-state index in [1.807, 2.05) is 24.3 Å². The van der Waals surface area contributed by atoms with Gasteiger partial charge in [0, 0.05) is 23.7 Å². The molecule has 2 rings (SSSR count). The Bertz CT molecular complexity index is 556. The van der Waals surface area contributed by atoms with E-state index >= 15 is 0 Å². The van der Waals surface area contributed by atoms with Crippen molar-refractivity contribution >= 4 is 11.6 Å². The molecule has 2 nitrogen and oxygen atoms in total. The molecular weight excluding hydrogens is 282 g/mol. The summed E-state index contributed by atoms with van der Waals surface area (Å²) in [6, 6.07) is 16.5. The van der Waals surface area contributed by atoms with Crippen molar-refractivity contribution in [1.82, 2.24) is 4.90 Å². The molecule has 0 atom stereocenters. The molecule has 0 heterocycles. The molecule has 3 heteroatoms. The summed E-state index contributed by atoms with van der Waals surface area (Å²) in [6.07, 6.45) is 1.88. The smallest absolute Gasteiger partial charge is 0.0487 e. The number of halogens is 1. The number of rotatable bonds is 7. The van der Waals surface area contributed by atoms with Crippen LogP contribution in [0.5, 0.6) is 0 Å². The van der Waals surface area contributed by atoms with Crippen LogP contribution >= 0.6 is 11.6 Å². The van der Waals surface area contributed by atoms with E-state index in [2.05, 4.69) is 36.2 Å². The Morgan fingerprint density at radius 1 is 1.05 bits per heavy atom. The van der Waals surface area contributed by atoms with Crippen molar-refractivity contribution in [1.29, 1.82) is 0 Å². The van der Waals surface area contributed by atoms with E-state index in [-0.39, 0.29) is 6.61 Å². The van der Waals surface area contributed by atoms with Gasteiger partial charge in [0.25, 0.3) is 0 Å². The molecular formula is C18H22ClNO. The van der Waals surface area contributed by atoms with E-state index in [0.29, 0.717) is 0 Å². The Kier molecular flexibility index (Phi) is 6.24. The number of hydrogen-bond acceptors (Lipinski definition) is 2. The summed E-state index contributed by atoms with van der Waals surface area (Å²) in [5, 5.41) is 9.60. The minimum Gasteiger partial charge on any atom is -0.396 e. The Balaban J connectivity index is 2.02. The van der Waals surface area contributed by atoms with Crippen LogP contribution in [0.3, 0.4) is 0 Å². The van der Waals surface area contributed by atoms with Crippen molar-refractivity contribution in [3.63, 3.8) is 0 Å². The van der Waals surface area contributed by atoms with Crippen molar-refractivity contribution in [3.05, 3.63) is 59.1 Å². The maximum Gasteiger partial charge on any atom is 0.0487 e. The molecule has 0 aliphatic carbocycles. The molecule has 0 unspecified atom stereocenters. The first-order valence-corrected chi connectivity index (χ1v) is 7.72. The Morgan fingerprint density at radius 2 is 1.81 bits per heavy atom. The summed E-state index contributed by atoms with van der Waals surface area (Å²) >= 11 is 6.42. The minimum absolute atomic E-state index is 0.269. The average Bonchev–Trinajstić information content (AvgIpc) is 2.48. The normalized spacial score (nSPS) is 11.0. The summed E-state index contributed by atoms with van der Waals surface area (Å²) in [5.74, 6) is 0. The summed E-state index contributed by atoms with van der Waals surface area (Å²) in [7, 11) is 2.09. The van der Waals surface area contributed by atoms with Gasteiger partial charge in [-0.15, -0.1) is 0 Å². The number of benzene rings is 2. The second-order valence-electron chi connectivity index (χ2n) is 5.35. The maximum absolute atomic E-state index is 8.81. The van der Waals surface area contributed by atoms with Crippen LogP contribution in [-0.4, -0.2) is 30.2 Å². The van der Waals surface area contributed by atoms with Gasteiger partial charge in [-0.1, -0.05) is 54.1 Å². The standard InChI is InChI=1S/C18H22ClNO/c1-20(11-5-6-12-21)14-15-9-10-17(18(19)13-15)16-7-3-2-4-8-16/h2-4,7-10,13,21H,5-6,11-12,14H2,1H3. The SMILES string of the molecule is CN(CCCCO)Cc1ccc(-c2ccccc2)c(Cl)c1. The number of aliphatic hydroxyl groups is 1. The van der Waals surface area contributed by atoms with E-state index in [4.69, 9.17) is 16.7 Å². The second kappa shape index (κ2) is 8.18. The molecule has 0 amide bonds. The number of hydrogen-bond donors (Lipinski definition) is 1. The van der Waals surface area contributed by atoms with Crippen LogP contribution in [0.1, 0.15) is 18.4 Å². The molecule has 21 heavy (non-hydrogen) atoms. The summed E-state index contributed by atoms with van der Waals surface area (Å²) in [4.78, 5) is 2.25. The van der Waals surface area contributed by atoms with E-state index in [1.165, 1.54) is 5.56 Å². The molecule has 0 fully saturated rings. The van der Waals surface area contributed by atoms with Crippen LogP contribution in [0.15, 0.2) is 48.5 Å². The zero-order valence-corrected chi connectivity index (χ0v) is 13.2. The van der Waals surface area contributed by atoms with Crippen LogP contribution in [0.2, 0.25) is 5.02 Å². The van der Waals surface area contributed by atoms with Crippen molar-refractivity contribution < 1.29 is 5.11 Å². The molecule has 0 spiro atoms. The molecule has 0 aromatic heterocycles. The first kappa shape index (κ1) is 16.0. The van der Waals surface area contributed by atoms with Crippen LogP contribution in [0, 0.1) is 0 Å². The Hall–Kier alpha value is -1.35. The van der Waals surface area contributed by atoms with Gasteiger partial charge in [0.2, 0.25) is 0 Å². The van der Waals surface area contributed by atoms with Gasteiger partial charge >= 0.3 is 0 Å². The van der Waals surface area contributed by atoms with Gasteiger partial charge < -0.3 is 10.0 Å². The van der Waals surface area contributed by atoms with Crippen LogP contribution < -0.4 is 0 Å². The second-order valence-corrected chi connectivity index (χ2v) is 5.76. The lowest BCUT2D eigenvalue weighted by molar-refractivity contribution is 0.261. The first-order valence-electron chi connectivity index (χ1n) is 7.34. The van der Waals surface area contributed by atoms with Crippen molar-refractivity contribution in [2.45, 2.75) is 19.4 Å². The highest BCUT2D eigenvalue weighted by atomic mass is 35.5. The lowest BCUT2D eigenvalue weighted by Crippen LogP contribution is -2.19. The summed E-state index contributed by atoms with van der Waals surface area (Å²) in [5.41, 5.74) is 3.43. The van der Waals surface area contributed by atoms with E-state index in [9.17, 15) is 0 Å². The third-order valence-corrected chi connectivity index (χ3v) is 3.83. The third-order valence-electron chi connectivity index (χ3n) is 3.52. The van der Waals surface area contributed by atoms with E-state index in [1.54, 1.807) is 0 Å². The molecule has 1 N–H and O–H groups in total. The lowest BCUT2D eigenvalue weighted by atomic mass is 10.0. The van der Waals surface area contributed by atoms with Gasteiger partial charge in [0.15, 0.2) is 0 Å². The molecule has 0 saturated carbocycles. The molecule has 2 aromatic carbocycles. The predicted octanol–water partition coefficient (Wildman–Crippen LogP) is 4.21. The zero-order valence-electron chi connectivity index (χ0n) is 12.4. The fourth-order valence-corrected chi connectivity index (χ4v) is 2.71. The minimum atomic E-state index is 0.269. The van der Waals surface area contributed by atoms with Gasteiger partial charge in [0.05, 0.1) is 0 Å².